The molecule has 40 heavy (non-hydrogen) atoms. The maximum absolute atomic E-state index is 12.4. The zero-order valence-electron chi connectivity index (χ0n) is 21.5. The number of thiocarbonyl (C=S) groups is 1. The highest BCUT2D eigenvalue weighted by atomic mass is 32.1. The Kier molecular flexibility index (Phi) is 8.49. The lowest BCUT2D eigenvalue weighted by atomic mass is 10.0. The number of ether oxygens (including phenoxy) is 2. The van der Waals surface area contributed by atoms with Crippen LogP contribution in [0.25, 0.3) is 23.2 Å². The number of rotatable bonds is 7. The van der Waals surface area contributed by atoms with Crippen molar-refractivity contribution in [3.63, 3.8) is 0 Å². The van der Waals surface area contributed by atoms with Crippen LogP contribution in [-0.4, -0.2) is 32.3 Å². The van der Waals surface area contributed by atoms with Crippen molar-refractivity contribution >= 4 is 35.2 Å². The molecule has 4 aromatic rings. The van der Waals surface area contributed by atoms with Gasteiger partial charge in [0.05, 0.1) is 11.4 Å². The highest BCUT2D eigenvalue weighted by molar-refractivity contribution is 7.80. The smallest absolute Gasteiger partial charge is 0.406 e. The van der Waals surface area contributed by atoms with Crippen LogP contribution in [0.1, 0.15) is 30.9 Å². The molecule has 3 aromatic carbocycles. The molecule has 0 amide bonds. The Bertz CT molecular complexity index is 1520. The molecule has 8 nitrogen and oxygen atoms in total. The fourth-order valence-corrected chi connectivity index (χ4v) is 3.90. The van der Waals surface area contributed by atoms with E-state index in [4.69, 9.17) is 28.1 Å². The van der Waals surface area contributed by atoms with E-state index in [0.717, 1.165) is 22.4 Å². The van der Waals surface area contributed by atoms with Gasteiger partial charge < -0.3 is 15.2 Å². The topological polar surface area (TPSA) is 102 Å². The Morgan fingerprint density at radius 1 is 1.05 bits per heavy atom. The summed E-state index contributed by atoms with van der Waals surface area (Å²) in [5.41, 5.74) is 9.38. The van der Waals surface area contributed by atoms with Crippen LogP contribution in [0.3, 0.4) is 0 Å². The van der Waals surface area contributed by atoms with Crippen molar-refractivity contribution < 1.29 is 22.6 Å². The average molecular weight is 567 g/mol. The quantitative estimate of drug-likeness (QED) is 0.147. The van der Waals surface area contributed by atoms with Gasteiger partial charge in [-0.2, -0.15) is 0 Å². The van der Waals surface area contributed by atoms with Gasteiger partial charge >= 0.3 is 12.4 Å². The second-order valence-electron chi connectivity index (χ2n) is 8.80. The molecule has 3 N–H and O–H groups in total. The third-order valence-electron chi connectivity index (χ3n) is 5.65. The number of para-hydroxylation sites is 1. The summed E-state index contributed by atoms with van der Waals surface area (Å²) >= 11 is 4.83. The molecule has 1 heterocycles. The van der Waals surface area contributed by atoms with Crippen LogP contribution in [0.4, 0.5) is 18.9 Å². The average Bonchev–Trinajstić information content (AvgIpc) is 3.39. The fourth-order valence-electron chi connectivity index (χ4n) is 3.82. The number of nitrogens with one attached hydrogen (secondary N) is 1. The largest absolute Gasteiger partial charge is 0.573 e. The lowest BCUT2D eigenvalue weighted by molar-refractivity contribution is -0.274. The Hall–Kier alpha value is -4.71. The molecule has 0 atom stereocenters. The monoisotopic (exact) mass is 566 g/mol. The molecule has 1 aromatic heterocycles. The minimum Gasteiger partial charge on any atom is -0.406 e. The number of aromatic nitrogens is 3. The standard InChI is InChI=1S/C28H25F3N6O2S/c1-18(2)23-5-3-4-6-24(23)36(26(32)38-27(33)40)16-15-19-7-9-20(10-8-19)25-34-17-37(35-25)21-11-13-22(14-12-21)39-28(29,30)31/h3-18,32H,1-2H3,(H2,33,40)/b16-15+,32-26?. The minimum absolute atomic E-state index is 0.197. The normalized spacial score (nSPS) is 11.6. The molecular formula is C28H25F3N6O2S. The van der Waals surface area contributed by atoms with E-state index in [1.165, 1.54) is 35.3 Å². The van der Waals surface area contributed by atoms with Crippen molar-refractivity contribution in [2.75, 3.05) is 4.90 Å². The summed E-state index contributed by atoms with van der Waals surface area (Å²) in [4.78, 5) is 5.88. The summed E-state index contributed by atoms with van der Waals surface area (Å²) in [5, 5.41) is 12.6. The molecule has 0 saturated carbocycles. The van der Waals surface area contributed by atoms with E-state index in [0.29, 0.717) is 11.5 Å². The van der Waals surface area contributed by atoms with Gasteiger partial charge in [0.2, 0.25) is 0 Å². The van der Waals surface area contributed by atoms with Gasteiger partial charge in [-0.3, -0.25) is 10.3 Å². The summed E-state index contributed by atoms with van der Waals surface area (Å²) in [7, 11) is 0. The van der Waals surface area contributed by atoms with E-state index < -0.39 is 6.36 Å². The fraction of sp³-hybridized carbons (Fsp3) is 0.143. The summed E-state index contributed by atoms with van der Waals surface area (Å²) in [6, 6.07) is 20.2. The van der Waals surface area contributed by atoms with Crippen molar-refractivity contribution in [3.8, 4) is 22.8 Å². The first kappa shape index (κ1) is 28.3. The SMILES string of the molecule is CC(C)c1ccccc1N(/C=C/c1ccc(-c2ncn(-c3ccc(OC(F)(F)F)cc3)n2)cc1)C(=N)OC(N)=S. The maximum Gasteiger partial charge on any atom is 0.573 e. The zero-order chi connectivity index (χ0) is 28.9. The van der Waals surface area contributed by atoms with Gasteiger partial charge in [-0.25, -0.2) is 9.67 Å². The van der Waals surface area contributed by atoms with E-state index in [9.17, 15) is 13.2 Å². The number of hydrogen-bond acceptors (Lipinski definition) is 6. The Morgan fingerprint density at radius 3 is 2.35 bits per heavy atom. The molecule has 0 aliphatic rings. The molecule has 0 unspecified atom stereocenters. The number of amidine groups is 1. The van der Waals surface area contributed by atoms with Crippen LogP contribution in [0, 0.1) is 5.41 Å². The molecule has 4 rings (SSSR count). The first-order valence-corrected chi connectivity index (χ1v) is 12.4. The van der Waals surface area contributed by atoms with E-state index in [1.807, 2.05) is 54.6 Å². The van der Waals surface area contributed by atoms with E-state index in [2.05, 4.69) is 28.7 Å². The third-order valence-corrected chi connectivity index (χ3v) is 5.73. The third kappa shape index (κ3) is 7.23. The summed E-state index contributed by atoms with van der Waals surface area (Å²) in [5.74, 6) is 0.312. The van der Waals surface area contributed by atoms with E-state index >= 15 is 0 Å². The predicted molar refractivity (Wildman–Crippen MR) is 151 cm³/mol. The molecule has 12 heteroatoms. The summed E-state index contributed by atoms with van der Waals surface area (Å²) in [6.07, 6.45) is 0.235. The summed E-state index contributed by atoms with van der Waals surface area (Å²) < 4.78 is 47.8. The van der Waals surface area contributed by atoms with Gasteiger partial charge in [0.25, 0.3) is 5.17 Å². The first-order chi connectivity index (χ1) is 19.0. The van der Waals surface area contributed by atoms with Crippen molar-refractivity contribution in [1.29, 1.82) is 5.41 Å². The van der Waals surface area contributed by atoms with Gasteiger partial charge in [0.15, 0.2) is 5.82 Å². The molecule has 0 spiro atoms. The number of alkyl halides is 3. The molecular weight excluding hydrogens is 541 g/mol. The van der Waals surface area contributed by atoms with Crippen LogP contribution < -0.4 is 15.4 Å². The Labute approximate surface area is 234 Å². The van der Waals surface area contributed by atoms with Crippen LogP contribution in [0.5, 0.6) is 5.75 Å². The van der Waals surface area contributed by atoms with E-state index in [1.54, 1.807) is 11.1 Å². The predicted octanol–water partition coefficient (Wildman–Crippen LogP) is 6.63. The number of nitrogens with two attached hydrogens (primary N) is 1. The first-order valence-electron chi connectivity index (χ1n) is 12.0. The van der Waals surface area contributed by atoms with Gasteiger partial charge in [0, 0.05) is 11.8 Å². The van der Waals surface area contributed by atoms with Crippen molar-refractivity contribution in [2.45, 2.75) is 26.1 Å². The van der Waals surface area contributed by atoms with Crippen LogP contribution in [-0.2, 0) is 4.74 Å². The molecule has 0 aliphatic heterocycles. The summed E-state index contributed by atoms with van der Waals surface area (Å²) in [6.45, 7) is 4.12. The highest BCUT2D eigenvalue weighted by Crippen LogP contribution is 2.29. The van der Waals surface area contributed by atoms with Crippen molar-refractivity contribution in [3.05, 3.63) is 96.5 Å². The molecule has 0 bridgehead atoms. The van der Waals surface area contributed by atoms with Crippen LogP contribution in [0.15, 0.2) is 85.3 Å². The second-order valence-corrected chi connectivity index (χ2v) is 9.20. The zero-order valence-corrected chi connectivity index (χ0v) is 22.3. The molecule has 0 saturated heterocycles. The van der Waals surface area contributed by atoms with Gasteiger partial charge in [0.1, 0.15) is 12.1 Å². The van der Waals surface area contributed by atoms with Gasteiger partial charge in [-0.05, 0) is 65.7 Å². The van der Waals surface area contributed by atoms with Crippen molar-refractivity contribution in [2.24, 2.45) is 5.73 Å². The lowest BCUT2D eigenvalue weighted by Gasteiger charge is -2.24. The van der Waals surface area contributed by atoms with Crippen molar-refractivity contribution in [1.82, 2.24) is 14.8 Å². The number of halogens is 3. The molecule has 0 aliphatic carbocycles. The Morgan fingerprint density at radius 2 is 1.73 bits per heavy atom. The Balaban J connectivity index is 1.52. The molecule has 206 valence electrons. The van der Waals surface area contributed by atoms with Gasteiger partial charge in [-0.1, -0.05) is 56.3 Å². The van der Waals surface area contributed by atoms with Gasteiger partial charge in [-0.15, -0.1) is 18.3 Å². The van der Waals surface area contributed by atoms with E-state index in [-0.39, 0.29) is 22.9 Å². The molecule has 0 radical (unpaired) electrons. The number of hydrogen-bond donors (Lipinski definition) is 2. The highest BCUT2D eigenvalue weighted by Gasteiger charge is 2.31. The van der Waals surface area contributed by atoms with Crippen LogP contribution >= 0.6 is 12.2 Å². The lowest BCUT2D eigenvalue weighted by Crippen LogP contribution is -2.31. The molecule has 0 fully saturated rings. The number of benzene rings is 3. The number of anilines is 1. The second kappa shape index (κ2) is 12.0. The minimum atomic E-state index is -4.76. The number of nitrogens with zero attached hydrogens (tertiary/aromatic N) is 4. The maximum atomic E-state index is 12.4. The van der Waals surface area contributed by atoms with Crippen LogP contribution in [0.2, 0.25) is 0 Å².